The van der Waals surface area contributed by atoms with Crippen LogP contribution in [-0.4, -0.2) is 59.8 Å². The van der Waals surface area contributed by atoms with Crippen LogP contribution in [0, 0.1) is 13.8 Å². The van der Waals surface area contributed by atoms with Crippen LogP contribution in [0.15, 0.2) is 41.3 Å². The molecule has 162 valence electrons. The van der Waals surface area contributed by atoms with Gasteiger partial charge in [0.1, 0.15) is 0 Å². The summed E-state index contributed by atoms with van der Waals surface area (Å²) in [5.74, 6) is 0. The Morgan fingerprint density at radius 2 is 1.80 bits per heavy atom. The molecule has 2 aromatic rings. The average molecular weight is 430 g/mol. The number of nitrogens with zero attached hydrogens (tertiary/aromatic N) is 2. The van der Waals surface area contributed by atoms with Crippen LogP contribution < -0.4 is 9.62 Å². The number of benzene rings is 2. The molecular formula is C23H31N3O3S. The number of rotatable bonds is 6. The summed E-state index contributed by atoms with van der Waals surface area (Å²) in [5.41, 5.74) is 5.84. The molecule has 1 saturated heterocycles. The zero-order chi connectivity index (χ0) is 21.3. The normalized spacial score (nSPS) is 18.4. The Balaban J connectivity index is 1.58. The van der Waals surface area contributed by atoms with Gasteiger partial charge in [-0.1, -0.05) is 18.2 Å². The van der Waals surface area contributed by atoms with Gasteiger partial charge in [-0.15, -0.1) is 0 Å². The fraction of sp³-hybridized carbons (Fsp3) is 0.478. The van der Waals surface area contributed by atoms with Gasteiger partial charge in [-0.2, -0.15) is 0 Å². The molecule has 0 spiro atoms. The predicted molar refractivity (Wildman–Crippen MR) is 120 cm³/mol. The van der Waals surface area contributed by atoms with Crippen molar-refractivity contribution in [2.45, 2.75) is 31.2 Å². The van der Waals surface area contributed by atoms with Crippen molar-refractivity contribution >= 4 is 15.7 Å². The van der Waals surface area contributed by atoms with Crippen LogP contribution in [0.3, 0.4) is 0 Å². The first-order chi connectivity index (χ1) is 14.3. The third-order valence-electron chi connectivity index (χ3n) is 6.36. The molecule has 0 amide bonds. The molecule has 0 unspecified atom stereocenters. The predicted octanol–water partition coefficient (Wildman–Crippen LogP) is 2.65. The molecule has 1 atom stereocenters. The van der Waals surface area contributed by atoms with Crippen molar-refractivity contribution in [1.29, 1.82) is 0 Å². The number of fused-ring (bicyclic) bond motifs is 1. The maximum absolute atomic E-state index is 13.0. The van der Waals surface area contributed by atoms with Gasteiger partial charge in [0.25, 0.3) is 0 Å². The Kier molecular flexibility index (Phi) is 6.16. The average Bonchev–Trinajstić information content (AvgIpc) is 3.11. The standard InChI is InChI=1S/C23H31N3O3S/c1-17-4-6-21(14-18(17)2)30(27,28)24-16-23(26-10-12-29-13-11-26)19-5-7-22-20(15-19)8-9-25(22)3/h4-7,14-15,23-24H,8-13,16H2,1-3H3/t23-/m1/s1. The molecule has 2 aliphatic heterocycles. The number of sulfonamides is 1. The van der Waals surface area contributed by atoms with E-state index in [9.17, 15) is 8.42 Å². The maximum atomic E-state index is 13.0. The van der Waals surface area contributed by atoms with Crippen LogP contribution in [0.25, 0.3) is 0 Å². The zero-order valence-corrected chi connectivity index (χ0v) is 18.8. The molecule has 0 radical (unpaired) electrons. The van der Waals surface area contributed by atoms with Crippen LogP contribution in [0.1, 0.15) is 28.3 Å². The highest BCUT2D eigenvalue weighted by molar-refractivity contribution is 7.89. The molecule has 0 aliphatic carbocycles. The van der Waals surface area contributed by atoms with Crippen LogP contribution in [0.2, 0.25) is 0 Å². The molecule has 7 heteroatoms. The van der Waals surface area contributed by atoms with E-state index in [-0.39, 0.29) is 6.04 Å². The van der Waals surface area contributed by atoms with Gasteiger partial charge in [0.05, 0.1) is 18.1 Å². The van der Waals surface area contributed by atoms with Crippen LogP contribution >= 0.6 is 0 Å². The molecule has 1 fully saturated rings. The highest BCUT2D eigenvalue weighted by atomic mass is 32.2. The number of ether oxygens (including phenoxy) is 1. The lowest BCUT2D eigenvalue weighted by molar-refractivity contribution is 0.0172. The summed E-state index contributed by atoms with van der Waals surface area (Å²) in [6.45, 7) is 8.23. The lowest BCUT2D eigenvalue weighted by Crippen LogP contribution is -2.43. The van der Waals surface area contributed by atoms with Crippen molar-refractivity contribution in [2.24, 2.45) is 0 Å². The molecular weight excluding hydrogens is 398 g/mol. The van der Waals surface area contributed by atoms with E-state index in [1.54, 1.807) is 12.1 Å². The van der Waals surface area contributed by atoms with Gasteiger partial charge in [-0.3, -0.25) is 4.90 Å². The number of likely N-dealkylation sites (N-methyl/N-ethyl adjacent to an activating group) is 1. The lowest BCUT2D eigenvalue weighted by Gasteiger charge is -2.35. The summed E-state index contributed by atoms with van der Waals surface area (Å²) < 4.78 is 34.4. The molecule has 2 aliphatic rings. The summed E-state index contributed by atoms with van der Waals surface area (Å²) in [6, 6.07) is 11.8. The Morgan fingerprint density at radius 3 is 2.53 bits per heavy atom. The molecule has 2 heterocycles. The third kappa shape index (κ3) is 4.39. The van der Waals surface area contributed by atoms with Crippen molar-refractivity contribution in [3.05, 3.63) is 58.7 Å². The van der Waals surface area contributed by atoms with Crippen molar-refractivity contribution in [3.63, 3.8) is 0 Å². The second kappa shape index (κ2) is 8.67. The van der Waals surface area contributed by atoms with Gasteiger partial charge in [0.15, 0.2) is 0 Å². The fourth-order valence-corrected chi connectivity index (χ4v) is 5.42. The largest absolute Gasteiger partial charge is 0.379 e. The van der Waals surface area contributed by atoms with E-state index in [0.29, 0.717) is 24.7 Å². The molecule has 0 aromatic heterocycles. The second-order valence-electron chi connectivity index (χ2n) is 8.32. The van der Waals surface area contributed by atoms with Gasteiger partial charge in [0, 0.05) is 45.0 Å². The quantitative estimate of drug-likeness (QED) is 0.765. The second-order valence-corrected chi connectivity index (χ2v) is 10.1. The van der Waals surface area contributed by atoms with E-state index in [0.717, 1.165) is 42.7 Å². The van der Waals surface area contributed by atoms with Gasteiger partial charge < -0.3 is 9.64 Å². The topological polar surface area (TPSA) is 61.9 Å². The number of anilines is 1. The van der Waals surface area contributed by atoms with E-state index in [4.69, 9.17) is 4.74 Å². The third-order valence-corrected chi connectivity index (χ3v) is 7.78. The van der Waals surface area contributed by atoms with Crippen LogP contribution in [0.5, 0.6) is 0 Å². The smallest absolute Gasteiger partial charge is 0.240 e. The molecule has 1 N–H and O–H groups in total. The van der Waals surface area contributed by atoms with Gasteiger partial charge in [-0.25, -0.2) is 13.1 Å². The minimum atomic E-state index is -3.58. The number of morpholine rings is 1. The summed E-state index contributed by atoms with van der Waals surface area (Å²) >= 11 is 0. The van der Waals surface area contributed by atoms with Gasteiger partial charge in [0.2, 0.25) is 10.0 Å². The number of hydrogen-bond acceptors (Lipinski definition) is 5. The Morgan fingerprint density at radius 1 is 1.03 bits per heavy atom. The van der Waals surface area contributed by atoms with E-state index in [2.05, 4.69) is 39.8 Å². The van der Waals surface area contributed by atoms with Gasteiger partial charge in [-0.05, 0) is 60.7 Å². The molecule has 4 rings (SSSR count). The first-order valence-corrected chi connectivity index (χ1v) is 12.1. The monoisotopic (exact) mass is 429 g/mol. The first-order valence-electron chi connectivity index (χ1n) is 10.6. The van der Waals surface area contributed by atoms with Crippen LogP contribution in [-0.2, 0) is 21.2 Å². The van der Waals surface area contributed by atoms with Crippen molar-refractivity contribution < 1.29 is 13.2 Å². The minimum Gasteiger partial charge on any atom is -0.379 e. The number of hydrogen-bond donors (Lipinski definition) is 1. The lowest BCUT2D eigenvalue weighted by atomic mass is 10.0. The van der Waals surface area contributed by atoms with E-state index >= 15 is 0 Å². The SMILES string of the molecule is Cc1ccc(S(=O)(=O)NC[C@H](c2ccc3c(c2)CCN3C)N2CCOCC2)cc1C. The maximum Gasteiger partial charge on any atom is 0.240 e. The van der Waals surface area contributed by atoms with Crippen molar-refractivity contribution in [1.82, 2.24) is 9.62 Å². The Bertz CT molecular complexity index is 1020. The summed E-state index contributed by atoms with van der Waals surface area (Å²) in [5, 5.41) is 0. The summed E-state index contributed by atoms with van der Waals surface area (Å²) in [4.78, 5) is 4.92. The Labute approximate surface area is 179 Å². The molecule has 2 aromatic carbocycles. The molecule has 0 saturated carbocycles. The number of nitrogens with one attached hydrogen (secondary N) is 1. The first kappa shape index (κ1) is 21.3. The van der Waals surface area contributed by atoms with E-state index < -0.39 is 10.0 Å². The summed E-state index contributed by atoms with van der Waals surface area (Å²) in [7, 11) is -1.46. The van der Waals surface area contributed by atoms with Crippen LogP contribution in [0.4, 0.5) is 5.69 Å². The van der Waals surface area contributed by atoms with E-state index in [1.165, 1.54) is 11.3 Å². The molecule has 30 heavy (non-hydrogen) atoms. The van der Waals surface area contributed by atoms with E-state index in [1.807, 2.05) is 19.9 Å². The fourth-order valence-electron chi connectivity index (χ4n) is 4.29. The minimum absolute atomic E-state index is 0.0218. The molecule has 0 bridgehead atoms. The zero-order valence-electron chi connectivity index (χ0n) is 18.0. The van der Waals surface area contributed by atoms with Gasteiger partial charge >= 0.3 is 0 Å². The molecule has 6 nitrogen and oxygen atoms in total. The highest BCUT2D eigenvalue weighted by Crippen LogP contribution is 2.31. The highest BCUT2D eigenvalue weighted by Gasteiger charge is 2.27. The summed E-state index contributed by atoms with van der Waals surface area (Å²) in [6.07, 6.45) is 1.03. The Hall–Kier alpha value is -1.93. The number of aryl methyl sites for hydroxylation is 2. The van der Waals surface area contributed by atoms with Crippen molar-refractivity contribution in [3.8, 4) is 0 Å². The van der Waals surface area contributed by atoms with Crippen molar-refractivity contribution in [2.75, 3.05) is 51.3 Å².